The van der Waals surface area contributed by atoms with Crippen LogP contribution in [-0.4, -0.2) is 71.5 Å². The van der Waals surface area contributed by atoms with Crippen molar-refractivity contribution in [3.63, 3.8) is 0 Å². The smallest absolute Gasteiger partial charge is 0.263 e. The number of H-pyrrole nitrogens is 1. The van der Waals surface area contributed by atoms with E-state index in [4.69, 9.17) is 0 Å². The molecule has 1 unspecified atom stereocenters. The molecule has 2 aromatic heterocycles. The van der Waals surface area contributed by atoms with Gasteiger partial charge in [-0.1, -0.05) is 38.0 Å². The summed E-state index contributed by atoms with van der Waals surface area (Å²) in [7, 11) is 2.18. The highest BCUT2D eigenvalue weighted by molar-refractivity contribution is 7.13. The Hall–Kier alpha value is -2.22. The Labute approximate surface area is 195 Å². The van der Waals surface area contributed by atoms with Crippen molar-refractivity contribution in [1.82, 2.24) is 25.1 Å². The average molecular weight is 454 g/mol. The molecule has 32 heavy (non-hydrogen) atoms. The van der Waals surface area contributed by atoms with Gasteiger partial charge in [0.2, 0.25) is 0 Å². The van der Waals surface area contributed by atoms with Crippen molar-refractivity contribution in [3.8, 4) is 0 Å². The fraction of sp³-hybridized carbons (Fsp3) is 0.520. The molecule has 0 spiro atoms. The Balaban J connectivity index is 1.34. The fourth-order valence-corrected chi connectivity index (χ4v) is 5.16. The first-order valence-corrected chi connectivity index (χ1v) is 12.7. The number of para-hydroxylation sites is 1. The summed E-state index contributed by atoms with van der Waals surface area (Å²) >= 11 is 1.54. The van der Waals surface area contributed by atoms with Gasteiger partial charge in [0.05, 0.1) is 11.2 Å². The second-order valence-electron chi connectivity index (χ2n) is 8.89. The molecule has 3 heterocycles. The number of thiazole rings is 1. The molecule has 7 heteroatoms. The summed E-state index contributed by atoms with van der Waals surface area (Å²) in [5.41, 5.74) is 2.41. The molecule has 1 aliphatic heterocycles. The Morgan fingerprint density at radius 1 is 1.25 bits per heavy atom. The van der Waals surface area contributed by atoms with Gasteiger partial charge < -0.3 is 20.1 Å². The van der Waals surface area contributed by atoms with Gasteiger partial charge in [-0.05, 0) is 31.5 Å². The van der Waals surface area contributed by atoms with Gasteiger partial charge in [-0.15, -0.1) is 11.3 Å². The molecule has 4 rings (SSSR count). The van der Waals surface area contributed by atoms with Crippen molar-refractivity contribution in [1.29, 1.82) is 0 Å². The molecule has 0 aliphatic carbocycles. The van der Waals surface area contributed by atoms with Crippen LogP contribution in [0, 0.1) is 0 Å². The molecule has 0 radical (unpaired) electrons. The largest absolute Gasteiger partial charge is 0.361 e. The monoisotopic (exact) mass is 453 g/mol. The Morgan fingerprint density at radius 2 is 2.06 bits per heavy atom. The quantitative estimate of drug-likeness (QED) is 0.488. The maximum absolute atomic E-state index is 13.0. The number of nitrogens with one attached hydrogen (secondary N) is 2. The predicted octanol–water partition coefficient (Wildman–Crippen LogP) is 3.95. The SMILES string of the molecule is CCCCC(Cc1c[nH]c2ccccc12)NC(=O)c1cnc(CCN2CCN(C)CC2)s1. The van der Waals surface area contributed by atoms with Gasteiger partial charge in [0.1, 0.15) is 4.88 Å². The number of nitrogens with zero attached hydrogens (tertiary/aromatic N) is 3. The lowest BCUT2D eigenvalue weighted by molar-refractivity contribution is 0.0938. The molecule has 1 amide bonds. The molecule has 0 saturated carbocycles. The summed E-state index contributed by atoms with van der Waals surface area (Å²) in [6.45, 7) is 7.69. The van der Waals surface area contributed by atoms with E-state index in [1.165, 1.54) is 10.9 Å². The number of unbranched alkanes of at least 4 members (excludes halogenated alkanes) is 1. The van der Waals surface area contributed by atoms with E-state index in [0.29, 0.717) is 0 Å². The van der Waals surface area contributed by atoms with E-state index in [9.17, 15) is 4.79 Å². The van der Waals surface area contributed by atoms with Crippen LogP contribution in [0.25, 0.3) is 10.9 Å². The molecule has 1 aromatic carbocycles. The highest BCUT2D eigenvalue weighted by Gasteiger charge is 2.19. The number of rotatable bonds is 10. The minimum absolute atomic E-state index is 0.00860. The minimum atomic E-state index is 0.00860. The van der Waals surface area contributed by atoms with Gasteiger partial charge in [-0.3, -0.25) is 4.79 Å². The molecule has 2 N–H and O–H groups in total. The highest BCUT2D eigenvalue weighted by atomic mass is 32.1. The van der Waals surface area contributed by atoms with Crippen LogP contribution in [0.1, 0.15) is 46.4 Å². The first-order chi connectivity index (χ1) is 15.6. The van der Waals surface area contributed by atoms with E-state index in [2.05, 4.69) is 63.5 Å². The van der Waals surface area contributed by atoms with Crippen LogP contribution in [0.15, 0.2) is 36.7 Å². The normalized spacial score (nSPS) is 16.4. The lowest BCUT2D eigenvalue weighted by Crippen LogP contribution is -2.45. The molecule has 3 aromatic rings. The van der Waals surface area contributed by atoms with E-state index < -0.39 is 0 Å². The molecule has 1 saturated heterocycles. The van der Waals surface area contributed by atoms with Gasteiger partial charge in [-0.2, -0.15) is 0 Å². The van der Waals surface area contributed by atoms with Gasteiger partial charge in [-0.25, -0.2) is 4.98 Å². The Kier molecular flexibility index (Phi) is 7.95. The first kappa shape index (κ1) is 23.0. The van der Waals surface area contributed by atoms with Crippen molar-refractivity contribution < 1.29 is 4.79 Å². The van der Waals surface area contributed by atoms with Crippen molar-refractivity contribution in [2.24, 2.45) is 0 Å². The average Bonchev–Trinajstić information content (AvgIpc) is 3.45. The number of fused-ring (bicyclic) bond motifs is 1. The number of carbonyl (C=O) groups is 1. The lowest BCUT2D eigenvalue weighted by Gasteiger charge is -2.32. The molecular weight excluding hydrogens is 418 g/mol. The lowest BCUT2D eigenvalue weighted by atomic mass is 10.0. The predicted molar refractivity (Wildman–Crippen MR) is 133 cm³/mol. The van der Waals surface area contributed by atoms with E-state index in [1.54, 1.807) is 17.5 Å². The summed E-state index contributed by atoms with van der Waals surface area (Å²) in [5, 5.41) is 5.59. The number of piperazine rings is 1. The highest BCUT2D eigenvalue weighted by Crippen LogP contribution is 2.21. The zero-order chi connectivity index (χ0) is 22.3. The van der Waals surface area contributed by atoms with Crippen molar-refractivity contribution >= 4 is 28.1 Å². The molecule has 1 fully saturated rings. The third-order valence-corrected chi connectivity index (χ3v) is 7.45. The van der Waals surface area contributed by atoms with E-state index in [0.717, 1.165) is 80.2 Å². The number of amides is 1. The topological polar surface area (TPSA) is 64.3 Å². The van der Waals surface area contributed by atoms with Crippen molar-refractivity contribution in [2.75, 3.05) is 39.8 Å². The third kappa shape index (κ3) is 5.97. The second kappa shape index (κ2) is 11.1. The number of likely N-dealkylation sites (N-methyl/N-ethyl adjacent to an activating group) is 1. The summed E-state index contributed by atoms with van der Waals surface area (Å²) in [5.74, 6) is 0.00860. The number of aromatic amines is 1. The zero-order valence-corrected chi connectivity index (χ0v) is 20.1. The first-order valence-electron chi connectivity index (χ1n) is 11.8. The number of aromatic nitrogens is 2. The van der Waals surface area contributed by atoms with Crippen LogP contribution in [0.5, 0.6) is 0 Å². The van der Waals surface area contributed by atoms with Crippen LogP contribution in [0.4, 0.5) is 0 Å². The second-order valence-corrected chi connectivity index (χ2v) is 10.0. The number of hydrogen-bond donors (Lipinski definition) is 2. The molecule has 0 bridgehead atoms. The molecule has 1 atom stereocenters. The molecule has 1 aliphatic rings. The van der Waals surface area contributed by atoms with Crippen LogP contribution in [0.2, 0.25) is 0 Å². The van der Waals surface area contributed by atoms with E-state index in [-0.39, 0.29) is 11.9 Å². The van der Waals surface area contributed by atoms with Gasteiger partial charge in [0, 0.05) is 62.3 Å². The van der Waals surface area contributed by atoms with Gasteiger partial charge in [0.25, 0.3) is 5.91 Å². The number of benzene rings is 1. The van der Waals surface area contributed by atoms with E-state index >= 15 is 0 Å². The Morgan fingerprint density at radius 3 is 2.88 bits per heavy atom. The molecule has 6 nitrogen and oxygen atoms in total. The van der Waals surface area contributed by atoms with Crippen molar-refractivity contribution in [3.05, 3.63) is 52.1 Å². The van der Waals surface area contributed by atoms with Crippen molar-refractivity contribution in [2.45, 2.75) is 45.1 Å². The minimum Gasteiger partial charge on any atom is -0.361 e. The van der Waals surface area contributed by atoms with Crippen LogP contribution < -0.4 is 5.32 Å². The number of hydrogen-bond acceptors (Lipinski definition) is 5. The van der Waals surface area contributed by atoms with Crippen LogP contribution in [0.3, 0.4) is 0 Å². The summed E-state index contributed by atoms with van der Waals surface area (Å²) in [4.78, 5) is 26.5. The fourth-order valence-electron chi connectivity index (χ4n) is 4.35. The van der Waals surface area contributed by atoms with Gasteiger partial charge >= 0.3 is 0 Å². The van der Waals surface area contributed by atoms with Crippen LogP contribution in [-0.2, 0) is 12.8 Å². The third-order valence-electron chi connectivity index (χ3n) is 6.40. The standard InChI is InChI=1S/C25H35N5OS/c1-3-4-7-20(16-19-17-26-22-9-6-5-8-21(19)22)28-25(31)23-18-27-24(32-23)10-11-30-14-12-29(2)13-15-30/h5-6,8-9,17-18,20,26H,3-4,7,10-16H2,1-2H3,(H,28,31). The van der Waals surface area contributed by atoms with Crippen LogP contribution >= 0.6 is 11.3 Å². The zero-order valence-electron chi connectivity index (χ0n) is 19.3. The summed E-state index contributed by atoms with van der Waals surface area (Å²) in [6, 6.07) is 8.48. The molecule has 172 valence electrons. The number of carbonyl (C=O) groups excluding carboxylic acids is 1. The summed E-state index contributed by atoms with van der Waals surface area (Å²) < 4.78 is 0. The Bertz CT molecular complexity index is 1000. The maximum atomic E-state index is 13.0. The maximum Gasteiger partial charge on any atom is 0.263 e. The van der Waals surface area contributed by atoms with Gasteiger partial charge in [0.15, 0.2) is 0 Å². The molecular formula is C25H35N5OS. The van der Waals surface area contributed by atoms with E-state index in [1.807, 2.05) is 6.07 Å². The summed E-state index contributed by atoms with van der Waals surface area (Å²) in [6.07, 6.45) is 8.79.